The van der Waals surface area contributed by atoms with Crippen LogP contribution in [0.4, 0.5) is 4.39 Å². The Kier molecular flexibility index (Phi) is 5.06. The minimum absolute atomic E-state index is 0.125. The number of hydrogen-bond acceptors (Lipinski definition) is 3. The number of rotatable bonds is 5. The Morgan fingerprint density at radius 2 is 1.86 bits per heavy atom. The van der Waals surface area contributed by atoms with Crippen LogP contribution in [0.5, 0.6) is 0 Å². The quantitative estimate of drug-likeness (QED) is 0.857. The van der Waals surface area contributed by atoms with Crippen molar-refractivity contribution in [2.24, 2.45) is 5.73 Å². The van der Waals surface area contributed by atoms with Crippen LogP contribution >= 0.6 is 0 Å². The molecule has 0 bridgehead atoms. The van der Waals surface area contributed by atoms with Crippen LogP contribution in [0, 0.1) is 5.82 Å². The first-order valence-electron chi connectivity index (χ1n) is 6.87. The highest BCUT2D eigenvalue weighted by atomic mass is 19.1. The summed E-state index contributed by atoms with van der Waals surface area (Å²) in [6.45, 7) is 2.10. The molecule has 0 fully saturated rings. The molecule has 0 amide bonds. The number of halogens is 1. The zero-order valence-corrected chi connectivity index (χ0v) is 11.9. The van der Waals surface area contributed by atoms with E-state index in [2.05, 4.69) is 0 Å². The predicted octanol–water partition coefficient (Wildman–Crippen LogP) is 3.45. The maximum Gasteiger partial charge on any atom is 0.307 e. The molecule has 2 aromatic carbocycles. The molecule has 0 heterocycles. The first kappa shape index (κ1) is 15.2. The molecule has 0 saturated heterocycles. The Bertz CT molecular complexity index is 628. The summed E-state index contributed by atoms with van der Waals surface area (Å²) in [5.41, 5.74) is 8.50. The molecule has 0 aliphatic heterocycles. The van der Waals surface area contributed by atoms with Gasteiger partial charge < -0.3 is 10.5 Å². The van der Waals surface area contributed by atoms with Gasteiger partial charge in [-0.1, -0.05) is 30.3 Å². The number of hydrogen-bond donors (Lipinski definition) is 1. The van der Waals surface area contributed by atoms with E-state index in [-0.39, 0.29) is 18.2 Å². The molecule has 0 radical (unpaired) electrons. The van der Waals surface area contributed by atoms with Crippen molar-refractivity contribution in [2.45, 2.75) is 19.4 Å². The highest BCUT2D eigenvalue weighted by Gasteiger charge is 2.13. The van der Waals surface area contributed by atoms with Crippen LogP contribution in [0.25, 0.3) is 11.1 Å². The summed E-state index contributed by atoms with van der Waals surface area (Å²) in [6.07, 6.45) is 0.125. The first-order chi connectivity index (χ1) is 10.1. The molecular formula is C17H18FNO2. The fraction of sp³-hybridized carbons (Fsp3) is 0.235. The number of benzene rings is 2. The van der Waals surface area contributed by atoms with Gasteiger partial charge in [0.05, 0.1) is 13.0 Å². The van der Waals surface area contributed by atoms with Crippen molar-refractivity contribution in [3.8, 4) is 11.1 Å². The number of ether oxygens (including phenoxy) is 1. The lowest BCUT2D eigenvalue weighted by atomic mass is 9.98. The van der Waals surface area contributed by atoms with Crippen molar-refractivity contribution >= 4 is 5.97 Å². The molecule has 0 unspecified atom stereocenters. The van der Waals surface area contributed by atoms with Gasteiger partial charge in [0.25, 0.3) is 0 Å². The average molecular weight is 287 g/mol. The van der Waals surface area contributed by atoms with Gasteiger partial charge in [0.1, 0.15) is 5.82 Å². The smallest absolute Gasteiger partial charge is 0.307 e. The van der Waals surface area contributed by atoms with E-state index in [1.165, 1.54) is 12.1 Å². The van der Waals surface area contributed by atoms with Crippen LogP contribution in [-0.4, -0.2) is 12.6 Å². The minimum atomic E-state index is -0.433. The molecule has 1 atom stereocenters. The minimum Gasteiger partial charge on any atom is -0.466 e. The monoisotopic (exact) mass is 287 g/mol. The van der Waals surface area contributed by atoms with Gasteiger partial charge in [0, 0.05) is 6.04 Å². The molecule has 0 aliphatic carbocycles. The summed E-state index contributed by atoms with van der Waals surface area (Å²) < 4.78 is 18.2. The van der Waals surface area contributed by atoms with E-state index in [1.807, 2.05) is 30.3 Å². The van der Waals surface area contributed by atoms with Gasteiger partial charge in [-0.25, -0.2) is 4.39 Å². The topological polar surface area (TPSA) is 52.3 Å². The molecule has 4 heteroatoms. The second kappa shape index (κ2) is 6.99. The fourth-order valence-electron chi connectivity index (χ4n) is 2.13. The van der Waals surface area contributed by atoms with Crippen molar-refractivity contribution in [1.29, 1.82) is 0 Å². The Morgan fingerprint density at radius 3 is 2.52 bits per heavy atom. The summed E-state index contributed by atoms with van der Waals surface area (Å²) in [4.78, 5) is 11.5. The molecule has 0 aliphatic rings. The lowest BCUT2D eigenvalue weighted by Gasteiger charge is -2.13. The van der Waals surface area contributed by atoms with Crippen LogP contribution in [0.1, 0.15) is 24.9 Å². The zero-order chi connectivity index (χ0) is 15.2. The number of esters is 1. The van der Waals surface area contributed by atoms with E-state index in [9.17, 15) is 9.18 Å². The van der Waals surface area contributed by atoms with Gasteiger partial charge in [0.15, 0.2) is 0 Å². The van der Waals surface area contributed by atoms with Gasteiger partial charge in [-0.05, 0) is 41.8 Å². The summed E-state index contributed by atoms with van der Waals surface area (Å²) in [7, 11) is 0. The Labute approximate surface area is 123 Å². The Morgan fingerprint density at radius 1 is 1.19 bits per heavy atom. The molecule has 2 N–H and O–H groups in total. The lowest BCUT2D eigenvalue weighted by Crippen LogP contribution is -2.17. The van der Waals surface area contributed by atoms with Gasteiger partial charge in [0.2, 0.25) is 0 Å². The summed E-state index contributed by atoms with van der Waals surface area (Å²) in [5.74, 6) is -0.602. The third-order valence-corrected chi connectivity index (χ3v) is 3.16. The standard InChI is InChI=1S/C17H18FNO2/c1-2-21-17(20)11-16(19)14-7-3-5-12(9-14)13-6-4-8-15(18)10-13/h3-10,16H,2,11,19H2,1H3/t16-/m0/s1. The van der Waals surface area contributed by atoms with E-state index in [0.29, 0.717) is 6.61 Å². The molecule has 2 aromatic rings. The number of carbonyl (C=O) groups is 1. The van der Waals surface area contributed by atoms with E-state index < -0.39 is 6.04 Å². The highest BCUT2D eigenvalue weighted by Crippen LogP contribution is 2.24. The SMILES string of the molecule is CCOC(=O)C[C@H](N)c1cccc(-c2cccc(F)c2)c1. The molecule has 110 valence electrons. The summed E-state index contributed by atoms with van der Waals surface area (Å²) >= 11 is 0. The van der Waals surface area contributed by atoms with Crippen molar-refractivity contribution in [3.05, 3.63) is 59.9 Å². The van der Waals surface area contributed by atoms with Gasteiger partial charge >= 0.3 is 5.97 Å². The van der Waals surface area contributed by atoms with Crippen molar-refractivity contribution in [1.82, 2.24) is 0 Å². The fourth-order valence-corrected chi connectivity index (χ4v) is 2.13. The van der Waals surface area contributed by atoms with Gasteiger partial charge in [-0.2, -0.15) is 0 Å². The maximum absolute atomic E-state index is 13.3. The third-order valence-electron chi connectivity index (χ3n) is 3.16. The number of nitrogens with two attached hydrogens (primary N) is 1. The van der Waals surface area contributed by atoms with Crippen LogP contribution in [0.2, 0.25) is 0 Å². The molecular weight excluding hydrogens is 269 g/mol. The maximum atomic E-state index is 13.3. The highest BCUT2D eigenvalue weighted by molar-refractivity contribution is 5.71. The predicted molar refractivity (Wildman–Crippen MR) is 80.0 cm³/mol. The molecule has 0 saturated carbocycles. The van der Waals surface area contributed by atoms with Crippen LogP contribution < -0.4 is 5.73 Å². The molecule has 0 aromatic heterocycles. The van der Waals surface area contributed by atoms with Crippen LogP contribution in [-0.2, 0) is 9.53 Å². The van der Waals surface area contributed by atoms with Crippen molar-refractivity contribution in [2.75, 3.05) is 6.61 Å². The second-order valence-electron chi connectivity index (χ2n) is 4.75. The van der Waals surface area contributed by atoms with Crippen molar-refractivity contribution in [3.63, 3.8) is 0 Å². The van der Waals surface area contributed by atoms with E-state index in [0.717, 1.165) is 16.7 Å². The van der Waals surface area contributed by atoms with E-state index in [4.69, 9.17) is 10.5 Å². The first-order valence-corrected chi connectivity index (χ1v) is 6.87. The van der Waals surface area contributed by atoms with Gasteiger partial charge in [-0.15, -0.1) is 0 Å². The Balaban J connectivity index is 2.19. The summed E-state index contributed by atoms with van der Waals surface area (Å²) in [6, 6.07) is 13.4. The Hall–Kier alpha value is -2.20. The van der Waals surface area contributed by atoms with E-state index in [1.54, 1.807) is 13.0 Å². The lowest BCUT2D eigenvalue weighted by molar-refractivity contribution is -0.143. The summed E-state index contributed by atoms with van der Waals surface area (Å²) in [5, 5.41) is 0. The second-order valence-corrected chi connectivity index (χ2v) is 4.75. The zero-order valence-electron chi connectivity index (χ0n) is 11.9. The van der Waals surface area contributed by atoms with Crippen molar-refractivity contribution < 1.29 is 13.9 Å². The normalized spacial score (nSPS) is 12.0. The van der Waals surface area contributed by atoms with Gasteiger partial charge in [-0.3, -0.25) is 4.79 Å². The number of carbonyl (C=O) groups excluding carboxylic acids is 1. The van der Waals surface area contributed by atoms with E-state index >= 15 is 0 Å². The van der Waals surface area contributed by atoms with Crippen LogP contribution in [0.15, 0.2) is 48.5 Å². The molecule has 21 heavy (non-hydrogen) atoms. The largest absolute Gasteiger partial charge is 0.466 e. The molecule has 3 nitrogen and oxygen atoms in total. The average Bonchev–Trinajstić information content (AvgIpc) is 2.47. The molecule has 2 rings (SSSR count). The third kappa shape index (κ3) is 4.13. The molecule has 0 spiro atoms. The van der Waals surface area contributed by atoms with Crippen LogP contribution in [0.3, 0.4) is 0 Å².